The third-order valence-corrected chi connectivity index (χ3v) is 5.99. The number of aryl methyl sites for hydroxylation is 1. The standard InChI is InChI=1S/C26H26Cl2N2O6/c1-6-18-21(22-19(33-4)8-7-9-20(22)34-5)24(31)23(25(32)30-18)26(29-3)36-14(2)13-35-15-10-11-16(27)17(28)12-15/h7-12H,2,6,13H2,1,3-5H3,(H2,30,31,32). The predicted octanol–water partition coefficient (Wildman–Crippen LogP) is 5.62. The SMILES string of the molecule is C=C(COc1ccc(Cl)c(Cl)c1)OC(=NC)c1c(O)c(-c2c(OC)cccc2OC)c(CC)[nH]c1=O. The summed E-state index contributed by atoms with van der Waals surface area (Å²) >= 11 is 11.9. The van der Waals surface area contributed by atoms with E-state index in [-0.39, 0.29) is 29.6 Å². The van der Waals surface area contributed by atoms with E-state index in [1.165, 1.54) is 21.3 Å². The third-order valence-electron chi connectivity index (χ3n) is 5.25. The predicted molar refractivity (Wildman–Crippen MR) is 141 cm³/mol. The maximum atomic E-state index is 13.0. The van der Waals surface area contributed by atoms with Gasteiger partial charge >= 0.3 is 0 Å². The molecule has 0 fully saturated rings. The number of benzene rings is 2. The van der Waals surface area contributed by atoms with Crippen LogP contribution in [-0.4, -0.2) is 43.9 Å². The molecule has 10 heteroatoms. The smallest absolute Gasteiger partial charge is 0.264 e. The first-order chi connectivity index (χ1) is 17.2. The van der Waals surface area contributed by atoms with Crippen LogP contribution in [0.15, 0.2) is 58.5 Å². The molecule has 0 atom stereocenters. The summed E-state index contributed by atoms with van der Waals surface area (Å²) in [7, 11) is 4.44. The van der Waals surface area contributed by atoms with Gasteiger partial charge < -0.3 is 29.0 Å². The number of nitrogens with one attached hydrogen (secondary N) is 1. The largest absolute Gasteiger partial charge is 0.506 e. The average Bonchev–Trinajstić information content (AvgIpc) is 2.87. The third kappa shape index (κ3) is 5.61. The molecule has 8 nitrogen and oxygen atoms in total. The minimum absolute atomic E-state index is 0.0735. The van der Waals surface area contributed by atoms with Crippen LogP contribution in [0, 0.1) is 0 Å². The fraction of sp³-hybridized carbons (Fsp3) is 0.231. The Morgan fingerprint density at radius 1 is 1.08 bits per heavy atom. The summed E-state index contributed by atoms with van der Waals surface area (Å²) in [5.74, 6) is 1.01. The van der Waals surface area contributed by atoms with Crippen molar-refractivity contribution in [3.8, 4) is 34.1 Å². The summed E-state index contributed by atoms with van der Waals surface area (Å²) in [6.07, 6.45) is 0.420. The van der Waals surface area contributed by atoms with Gasteiger partial charge in [0.25, 0.3) is 5.56 Å². The maximum absolute atomic E-state index is 13.0. The van der Waals surface area contributed by atoms with E-state index in [0.717, 1.165) is 0 Å². The second-order valence-corrected chi connectivity index (χ2v) is 8.27. The van der Waals surface area contributed by atoms with Gasteiger partial charge in [-0.15, -0.1) is 0 Å². The number of rotatable bonds is 9. The van der Waals surface area contributed by atoms with Crippen LogP contribution in [0.2, 0.25) is 10.0 Å². The Bertz CT molecular complexity index is 1350. The highest BCUT2D eigenvalue weighted by atomic mass is 35.5. The normalized spacial score (nSPS) is 11.2. The molecule has 190 valence electrons. The lowest BCUT2D eigenvalue weighted by molar-refractivity contribution is 0.276. The van der Waals surface area contributed by atoms with E-state index < -0.39 is 5.56 Å². The molecule has 0 unspecified atom stereocenters. The highest BCUT2D eigenvalue weighted by Gasteiger charge is 2.27. The molecule has 0 aliphatic carbocycles. The van der Waals surface area contributed by atoms with Crippen molar-refractivity contribution in [1.82, 2.24) is 4.98 Å². The summed E-state index contributed by atoms with van der Waals surface area (Å²) in [6, 6.07) is 10.0. The first kappa shape index (κ1) is 27.0. The van der Waals surface area contributed by atoms with Crippen LogP contribution in [0.1, 0.15) is 18.2 Å². The molecular weight excluding hydrogens is 507 g/mol. The van der Waals surface area contributed by atoms with E-state index in [1.54, 1.807) is 36.4 Å². The van der Waals surface area contributed by atoms with Gasteiger partial charge in [0.2, 0.25) is 5.90 Å². The van der Waals surface area contributed by atoms with Gasteiger partial charge in [0.1, 0.15) is 40.9 Å². The molecule has 0 amide bonds. The van der Waals surface area contributed by atoms with E-state index in [0.29, 0.717) is 50.5 Å². The zero-order chi connectivity index (χ0) is 26.4. The van der Waals surface area contributed by atoms with Crippen LogP contribution >= 0.6 is 23.2 Å². The number of hydrogen-bond acceptors (Lipinski definition) is 7. The van der Waals surface area contributed by atoms with E-state index in [4.69, 9.17) is 42.1 Å². The molecule has 3 aromatic rings. The number of methoxy groups -OCH3 is 2. The fourth-order valence-corrected chi connectivity index (χ4v) is 3.86. The van der Waals surface area contributed by atoms with Crippen LogP contribution in [0.25, 0.3) is 11.1 Å². The first-order valence-corrected chi connectivity index (χ1v) is 11.6. The van der Waals surface area contributed by atoms with Crippen LogP contribution in [0.4, 0.5) is 0 Å². The molecule has 36 heavy (non-hydrogen) atoms. The van der Waals surface area contributed by atoms with Gasteiger partial charge in [-0.05, 0) is 30.7 Å². The molecule has 3 rings (SSSR count). The van der Waals surface area contributed by atoms with Crippen molar-refractivity contribution in [1.29, 1.82) is 0 Å². The quantitative estimate of drug-likeness (QED) is 0.210. The number of aromatic amines is 1. The van der Waals surface area contributed by atoms with E-state index in [9.17, 15) is 9.90 Å². The molecule has 0 aliphatic heterocycles. The molecule has 1 heterocycles. The molecule has 1 aromatic heterocycles. The number of aliphatic imine (C=N–C) groups is 1. The molecule has 0 saturated heterocycles. The minimum Gasteiger partial charge on any atom is -0.506 e. The van der Waals surface area contributed by atoms with Gasteiger partial charge in [-0.3, -0.25) is 9.79 Å². The van der Waals surface area contributed by atoms with Crippen LogP contribution in [-0.2, 0) is 11.2 Å². The average molecular weight is 533 g/mol. The van der Waals surface area contributed by atoms with Crippen molar-refractivity contribution in [2.75, 3.05) is 27.9 Å². The number of H-pyrrole nitrogens is 1. The van der Waals surface area contributed by atoms with Crippen LogP contribution in [0.5, 0.6) is 23.0 Å². The van der Waals surface area contributed by atoms with Crippen molar-refractivity contribution >= 4 is 29.1 Å². The Morgan fingerprint density at radius 2 is 1.75 bits per heavy atom. The summed E-state index contributed by atoms with van der Waals surface area (Å²) in [6.45, 7) is 5.61. The highest BCUT2D eigenvalue weighted by molar-refractivity contribution is 6.42. The maximum Gasteiger partial charge on any atom is 0.264 e. The van der Waals surface area contributed by atoms with E-state index in [1.807, 2.05) is 6.92 Å². The molecule has 0 bridgehead atoms. The Labute approximate surface area is 218 Å². The van der Waals surface area contributed by atoms with Gasteiger partial charge in [0.15, 0.2) is 0 Å². The van der Waals surface area contributed by atoms with Crippen molar-refractivity contribution in [3.05, 3.63) is 80.4 Å². The van der Waals surface area contributed by atoms with Crippen LogP contribution < -0.4 is 19.8 Å². The number of ether oxygens (including phenoxy) is 4. The van der Waals surface area contributed by atoms with Gasteiger partial charge in [0.05, 0.1) is 35.4 Å². The van der Waals surface area contributed by atoms with E-state index in [2.05, 4.69) is 16.6 Å². The summed E-state index contributed by atoms with van der Waals surface area (Å²) in [4.78, 5) is 19.9. The van der Waals surface area contributed by atoms with Gasteiger partial charge in [-0.1, -0.05) is 42.8 Å². The Balaban J connectivity index is 2.00. The zero-order valence-electron chi connectivity index (χ0n) is 20.3. The van der Waals surface area contributed by atoms with Crippen molar-refractivity contribution < 1.29 is 24.1 Å². The number of halogens is 2. The van der Waals surface area contributed by atoms with Gasteiger partial charge in [-0.25, -0.2) is 0 Å². The van der Waals surface area contributed by atoms with Crippen molar-refractivity contribution in [3.63, 3.8) is 0 Å². The number of nitrogens with zero attached hydrogens (tertiary/aromatic N) is 1. The van der Waals surface area contributed by atoms with Crippen LogP contribution in [0.3, 0.4) is 0 Å². The van der Waals surface area contributed by atoms with Gasteiger partial charge in [0, 0.05) is 18.8 Å². The van der Waals surface area contributed by atoms with Crippen molar-refractivity contribution in [2.24, 2.45) is 4.99 Å². The second kappa shape index (κ2) is 11.9. The summed E-state index contributed by atoms with van der Waals surface area (Å²) in [5, 5.41) is 12.1. The lowest BCUT2D eigenvalue weighted by Gasteiger charge is -2.19. The summed E-state index contributed by atoms with van der Waals surface area (Å²) < 4.78 is 22.4. The molecule has 2 N–H and O–H groups in total. The molecule has 0 saturated carbocycles. The molecular formula is C26H26Cl2N2O6. The number of aromatic hydroxyl groups is 1. The highest BCUT2D eigenvalue weighted by Crippen LogP contribution is 2.44. The summed E-state index contributed by atoms with van der Waals surface area (Å²) in [5.41, 5.74) is 0.547. The number of pyridine rings is 1. The van der Waals surface area contributed by atoms with E-state index >= 15 is 0 Å². The van der Waals surface area contributed by atoms with Crippen molar-refractivity contribution in [2.45, 2.75) is 13.3 Å². The lowest BCUT2D eigenvalue weighted by atomic mass is 9.97. The minimum atomic E-state index is -0.583. The number of hydrogen-bond donors (Lipinski definition) is 2. The molecule has 2 aromatic carbocycles. The molecule has 0 radical (unpaired) electrons. The topological polar surface area (TPSA) is 102 Å². The first-order valence-electron chi connectivity index (χ1n) is 10.9. The Hall–Kier alpha value is -3.62. The van der Waals surface area contributed by atoms with Gasteiger partial charge in [-0.2, -0.15) is 0 Å². The monoisotopic (exact) mass is 532 g/mol. The number of aromatic nitrogens is 1. The Kier molecular flexibility index (Phi) is 8.90. The second-order valence-electron chi connectivity index (χ2n) is 7.46. The molecule has 0 spiro atoms. The lowest BCUT2D eigenvalue weighted by Crippen LogP contribution is -2.23. The fourth-order valence-electron chi connectivity index (χ4n) is 3.57. The zero-order valence-corrected chi connectivity index (χ0v) is 21.8. The molecule has 0 aliphatic rings. The Morgan fingerprint density at radius 3 is 2.31 bits per heavy atom.